The zero-order chi connectivity index (χ0) is 15.3. The lowest BCUT2D eigenvalue weighted by molar-refractivity contribution is -0.118. The SMILES string of the molecule is CCC(=O)N(CC)c1ccccc1C(=O)OC(C)(C)C. The quantitative estimate of drug-likeness (QED) is 0.792. The van der Waals surface area contributed by atoms with Crippen LogP contribution in [0.4, 0.5) is 5.69 Å². The van der Waals surface area contributed by atoms with E-state index >= 15 is 0 Å². The number of rotatable bonds is 4. The summed E-state index contributed by atoms with van der Waals surface area (Å²) in [7, 11) is 0. The third kappa shape index (κ3) is 4.08. The Bertz CT molecular complexity index is 489. The highest BCUT2D eigenvalue weighted by Gasteiger charge is 2.23. The van der Waals surface area contributed by atoms with E-state index in [1.54, 1.807) is 30.0 Å². The molecule has 0 heterocycles. The Hall–Kier alpha value is -1.84. The van der Waals surface area contributed by atoms with Crippen molar-refractivity contribution in [3.05, 3.63) is 29.8 Å². The summed E-state index contributed by atoms with van der Waals surface area (Å²) in [6, 6.07) is 7.05. The number of benzene rings is 1. The molecule has 0 saturated heterocycles. The van der Waals surface area contributed by atoms with E-state index in [0.717, 1.165) is 0 Å². The molecule has 4 nitrogen and oxygen atoms in total. The predicted molar refractivity (Wildman–Crippen MR) is 79.9 cm³/mol. The van der Waals surface area contributed by atoms with Gasteiger partial charge in [-0.1, -0.05) is 19.1 Å². The number of hydrogen-bond donors (Lipinski definition) is 0. The van der Waals surface area contributed by atoms with Crippen LogP contribution in [0.5, 0.6) is 0 Å². The van der Waals surface area contributed by atoms with Crippen molar-refractivity contribution in [2.24, 2.45) is 0 Å². The molecule has 20 heavy (non-hydrogen) atoms. The summed E-state index contributed by atoms with van der Waals surface area (Å²) >= 11 is 0. The number of ether oxygens (including phenoxy) is 1. The maximum atomic E-state index is 12.3. The van der Waals surface area contributed by atoms with E-state index in [0.29, 0.717) is 24.2 Å². The third-order valence-corrected chi connectivity index (χ3v) is 2.73. The first-order chi connectivity index (χ1) is 9.30. The van der Waals surface area contributed by atoms with Gasteiger partial charge in [0.1, 0.15) is 5.60 Å². The summed E-state index contributed by atoms with van der Waals surface area (Å²) in [4.78, 5) is 25.8. The van der Waals surface area contributed by atoms with Crippen LogP contribution in [0.15, 0.2) is 24.3 Å². The van der Waals surface area contributed by atoms with Crippen LogP contribution in [-0.4, -0.2) is 24.0 Å². The highest BCUT2D eigenvalue weighted by Crippen LogP contribution is 2.23. The van der Waals surface area contributed by atoms with Crippen molar-refractivity contribution in [2.45, 2.75) is 46.6 Å². The maximum Gasteiger partial charge on any atom is 0.340 e. The van der Waals surface area contributed by atoms with Gasteiger partial charge < -0.3 is 9.64 Å². The number of para-hydroxylation sites is 1. The van der Waals surface area contributed by atoms with Gasteiger partial charge in [0.15, 0.2) is 0 Å². The van der Waals surface area contributed by atoms with Gasteiger partial charge in [0.2, 0.25) is 5.91 Å². The molecule has 0 aliphatic carbocycles. The highest BCUT2D eigenvalue weighted by molar-refractivity contribution is 6.02. The Morgan fingerprint density at radius 2 is 1.75 bits per heavy atom. The molecule has 1 aromatic carbocycles. The molecule has 0 aliphatic rings. The summed E-state index contributed by atoms with van der Waals surface area (Å²) < 4.78 is 5.40. The molecule has 0 unspecified atom stereocenters. The molecule has 0 spiro atoms. The smallest absolute Gasteiger partial charge is 0.340 e. The minimum atomic E-state index is -0.560. The number of anilines is 1. The predicted octanol–water partition coefficient (Wildman–Crippen LogP) is 3.40. The summed E-state index contributed by atoms with van der Waals surface area (Å²) in [5.41, 5.74) is 0.470. The average Bonchev–Trinajstić information content (AvgIpc) is 2.37. The fourth-order valence-corrected chi connectivity index (χ4v) is 1.89. The Labute approximate surface area is 120 Å². The minimum absolute atomic E-state index is 0.0106. The number of amides is 1. The second kappa shape index (κ2) is 6.55. The molecular weight excluding hydrogens is 254 g/mol. The van der Waals surface area contributed by atoms with Crippen molar-refractivity contribution < 1.29 is 14.3 Å². The molecule has 0 aliphatic heterocycles. The van der Waals surface area contributed by atoms with E-state index in [1.165, 1.54) is 0 Å². The standard InChI is InChI=1S/C16H23NO3/c1-6-14(18)17(7-2)13-11-9-8-10-12(13)15(19)20-16(3,4)5/h8-11H,6-7H2,1-5H3. The highest BCUT2D eigenvalue weighted by atomic mass is 16.6. The Balaban J connectivity index is 3.16. The average molecular weight is 277 g/mol. The Kier molecular flexibility index (Phi) is 5.31. The van der Waals surface area contributed by atoms with Crippen molar-refractivity contribution in [3.63, 3.8) is 0 Å². The molecule has 1 rings (SSSR count). The van der Waals surface area contributed by atoms with Crippen LogP contribution < -0.4 is 4.90 Å². The third-order valence-electron chi connectivity index (χ3n) is 2.73. The lowest BCUT2D eigenvalue weighted by Gasteiger charge is -2.25. The van der Waals surface area contributed by atoms with Crippen LogP contribution >= 0.6 is 0 Å². The zero-order valence-electron chi connectivity index (χ0n) is 12.9. The van der Waals surface area contributed by atoms with Crippen LogP contribution in [0.3, 0.4) is 0 Å². The molecule has 0 aromatic heterocycles. The van der Waals surface area contributed by atoms with Gasteiger partial charge in [0.05, 0.1) is 11.3 Å². The van der Waals surface area contributed by atoms with Crippen LogP contribution in [0.1, 0.15) is 51.4 Å². The normalized spacial score (nSPS) is 11.1. The summed E-state index contributed by atoms with van der Waals surface area (Å²) in [5.74, 6) is -0.418. The molecule has 0 N–H and O–H groups in total. The molecule has 0 saturated carbocycles. The fourth-order valence-electron chi connectivity index (χ4n) is 1.89. The topological polar surface area (TPSA) is 46.6 Å². The fraction of sp³-hybridized carbons (Fsp3) is 0.500. The van der Waals surface area contributed by atoms with Gasteiger partial charge in [-0.25, -0.2) is 4.79 Å². The minimum Gasteiger partial charge on any atom is -0.456 e. The van der Waals surface area contributed by atoms with Crippen LogP contribution in [0.25, 0.3) is 0 Å². The van der Waals surface area contributed by atoms with Crippen molar-refractivity contribution in [2.75, 3.05) is 11.4 Å². The Morgan fingerprint density at radius 1 is 1.15 bits per heavy atom. The number of carbonyl (C=O) groups excluding carboxylic acids is 2. The van der Waals surface area contributed by atoms with Crippen LogP contribution in [0, 0.1) is 0 Å². The molecule has 1 amide bonds. The van der Waals surface area contributed by atoms with Crippen molar-refractivity contribution in [1.29, 1.82) is 0 Å². The Morgan fingerprint density at radius 3 is 2.25 bits per heavy atom. The van der Waals surface area contributed by atoms with E-state index in [1.807, 2.05) is 33.8 Å². The van der Waals surface area contributed by atoms with Crippen LogP contribution in [0.2, 0.25) is 0 Å². The lowest BCUT2D eigenvalue weighted by atomic mass is 10.1. The van der Waals surface area contributed by atoms with Gasteiger partial charge in [0, 0.05) is 13.0 Å². The van der Waals surface area contributed by atoms with E-state index in [4.69, 9.17) is 4.74 Å². The maximum absolute atomic E-state index is 12.3. The van der Waals surface area contributed by atoms with Gasteiger partial charge in [-0.3, -0.25) is 4.79 Å². The first-order valence-corrected chi connectivity index (χ1v) is 6.93. The summed E-state index contributed by atoms with van der Waals surface area (Å²) in [6.07, 6.45) is 0.399. The van der Waals surface area contributed by atoms with Gasteiger partial charge in [0.25, 0.3) is 0 Å². The molecule has 0 bridgehead atoms. The summed E-state index contributed by atoms with van der Waals surface area (Å²) in [6.45, 7) is 9.68. The zero-order valence-corrected chi connectivity index (χ0v) is 12.9. The number of esters is 1. The number of carbonyl (C=O) groups is 2. The van der Waals surface area contributed by atoms with Gasteiger partial charge >= 0.3 is 5.97 Å². The number of hydrogen-bond acceptors (Lipinski definition) is 3. The largest absolute Gasteiger partial charge is 0.456 e. The second-order valence-electron chi connectivity index (χ2n) is 5.51. The molecular formula is C16H23NO3. The molecule has 0 fully saturated rings. The summed E-state index contributed by atoms with van der Waals surface area (Å²) in [5, 5.41) is 0. The lowest BCUT2D eigenvalue weighted by Crippen LogP contribution is -2.32. The van der Waals surface area contributed by atoms with Crippen molar-refractivity contribution in [3.8, 4) is 0 Å². The monoisotopic (exact) mass is 277 g/mol. The van der Waals surface area contributed by atoms with Crippen molar-refractivity contribution in [1.82, 2.24) is 0 Å². The van der Waals surface area contributed by atoms with Gasteiger partial charge in [-0.2, -0.15) is 0 Å². The van der Waals surface area contributed by atoms with Crippen LogP contribution in [-0.2, 0) is 9.53 Å². The van der Waals surface area contributed by atoms with Crippen molar-refractivity contribution >= 4 is 17.6 Å². The van der Waals surface area contributed by atoms with E-state index in [-0.39, 0.29) is 5.91 Å². The first kappa shape index (κ1) is 16.2. The van der Waals surface area contributed by atoms with E-state index in [2.05, 4.69) is 0 Å². The van der Waals surface area contributed by atoms with Gasteiger partial charge in [-0.05, 0) is 39.8 Å². The molecule has 1 aromatic rings. The molecule has 0 atom stereocenters. The van der Waals surface area contributed by atoms with E-state index < -0.39 is 11.6 Å². The van der Waals surface area contributed by atoms with Gasteiger partial charge in [-0.15, -0.1) is 0 Å². The van der Waals surface area contributed by atoms with E-state index in [9.17, 15) is 9.59 Å². The molecule has 110 valence electrons. The molecule has 0 radical (unpaired) electrons. The first-order valence-electron chi connectivity index (χ1n) is 6.93. The molecule has 4 heteroatoms. The number of nitrogens with zero attached hydrogens (tertiary/aromatic N) is 1. The second-order valence-corrected chi connectivity index (χ2v) is 5.51.